The van der Waals surface area contributed by atoms with E-state index in [4.69, 9.17) is 5.11 Å². The Morgan fingerprint density at radius 1 is 1.57 bits per heavy atom. The summed E-state index contributed by atoms with van der Waals surface area (Å²) < 4.78 is 0. The minimum atomic E-state index is -0.806. The predicted octanol–water partition coefficient (Wildman–Crippen LogP) is -0.328. The van der Waals surface area contributed by atoms with E-state index >= 15 is 0 Å². The molecule has 0 radical (unpaired) electrons. The van der Waals surface area contributed by atoms with Crippen LogP contribution < -0.4 is 5.32 Å². The molecule has 0 spiro atoms. The molecular formula is C9H16N2O3. The molecule has 0 aromatic heterocycles. The van der Waals surface area contributed by atoms with Crippen LogP contribution in [0.2, 0.25) is 0 Å². The summed E-state index contributed by atoms with van der Waals surface area (Å²) in [4.78, 5) is 23.1. The maximum absolute atomic E-state index is 10.7. The first-order chi connectivity index (χ1) is 6.59. The Morgan fingerprint density at radius 2 is 2.29 bits per heavy atom. The van der Waals surface area contributed by atoms with Crippen LogP contribution in [0.15, 0.2) is 0 Å². The van der Waals surface area contributed by atoms with E-state index in [2.05, 4.69) is 5.32 Å². The van der Waals surface area contributed by atoms with E-state index in [1.54, 1.807) is 0 Å². The molecule has 1 heterocycles. The second-order valence-electron chi connectivity index (χ2n) is 3.60. The molecule has 1 atom stereocenters. The first kappa shape index (κ1) is 11.0. The molecular weight excluding hydrogens is 184 g/mol. The topological polar surface area (TPSA) is 69.6 Å². The largest absolute Gasteiger partial charge is 0.480 e. The average molecular weight is 200 g/mol. The fourth-order valence-electron chi connectivity index (χ4n) is 1.77. The average Bonchev–Trinajstić information content (AvgIpc) is 2.47. The van der Waals surface area contributed by atoms with Crippen molar-refractivity contribution in [3.05, 3.63) is 0 Å². The lowest BCUT2D eigenvalue weighted by Crippen LogP contribution is -2.41. The summed E-state index contributed by atoms with van der Waals surface area (Å²) in [5.41, 5.74) is 0. The Morgan fingerprint density at radius 3 is 2.86 bits per heavy atom. The number of aliphatic carboxylic acids is 1. The Labute approximate surface area is 83.1 Å². The van der Waals surface area contributed by atoms with Gasteiger partial charge in [0.1, 0.15) is 0 Å². The Bertz CT molecular complexity index is 230. The lowest BCUT2D eigenvalue weighted by Gasteiger charge is -2.22. The van der Waals surface area contributed by atoms with Crippen molar-refractivity contribution in [3.8, 4) is 0 Å². The Kier molecular flexibility index (Phi) is 3.88. The van der Waals surface area contributed by atoms with Crippen molar-refractivity contribution in [2.24, 2.45) is 0 Å². The van der Waals surface area contributed by atoms with Gasteiger partial charge in [0.2, 0.25) is 5.91 Å². The van der Waals surface area contributed by atoms with Crippen LogP contribution in [0.1, 0.15) is 19.8 Å². The molecule has 1 aliphatic rings. The van der Waals surface area contributed by atoms with Gasteiger partial charge in [0.15, 0.2) is 0 Å². The highest BCUT2D eigenvalue weighted by Crippen LogP contribution is 2.15. The lowest BCUT2D eigenvalue weighted by atomic mass is 10.2. The smallest absolute Gasteiger partial charge is 0.317 e. The highest BCUT2D eigenvalue weighted by molar-refractivity contribution is 5.72. The predicted molar refractivity (Wildman–Crippen MR) is 50.9 cm³/mol. The summed E-state index contributed by atoms with van der Waals surface area (Å²) in [7, 11) is 0. The Balaban J connectivity index is 2.35. The summed E-state index contributed by atoms with van der Waals surface area (Å²) in [6.45, 7) is 2.92. The zero-order valence-corrected chi connectivity index (χ0v) is 8.32. The minimum absolute atomic E-state index is 0.0628. The summed E-state index contributed by atoms with van der Waals surface area (Å²) in [5.74, 6) is -0.869. The Hall–Kier alpha value is -1.10. The second kappa shape index (κ2) is 4.95. The van der Waals surface area contributed by atoms with Crippen molar-refractivity contribution in [3.63, 3.8) is 0 Å². The molecule has 1 rings (SSSR count). The van der Waals surface area contributed by atoms with E-state index in [1.807, 2.05) is 4.90 Å². The van der Waals surface area contributed by atoms with Gasteiger partial charge < -0.3 is 10.4 Å². The van der Waals surface area contributed by atoms with Gasteiger partial charge >= 0.3 is 5.97 Å². The fraction of sp³-hybridized carbons (Fsp3) is 0.778. The number of nitrogens with zero attached hydrogens (tertiary/aromatic N) is 1. The molecule has 1 saturated heterocycles. The molecule has 0 bridgehead atoms. The molecule has 5 heteroatoms. The van der Waals surface area contributed by atoms with Gasteiger partial charge in [0, 0.05) is 19.5 Å². The van der Waals surface area contributed by atoms with Crippen molar-refractivity contribution in [2.45, 2.75) is 25.8 Å². The maximum Gasteiger partial charge on any atom is 0.317 e. The maximum atomic E-state index is 10.7. The number of likely N-dealkylation sites (tertiary alicyclic amines) is 1. The number of rotatable bonds is 4. The van der Waals surface area contributed by atoms with E-state index in [0.29, 0.717) is 6.54 Å². The van der Waals surface area contributed by atoms with Crippen LogP contribution in [0, 0.1) is 0 Å². The number of hydrogen-bond acceptors (Lipinski definition) is 3. The summed E-state index contributed by atoms with van der Waals surface area (Å²) in [6.07, 6.45) is 1.98. The third kappa shape index (κ3) is 3.33. The highest BCUT2D eigenvalue weighted by Gasteiger charge is 2.25. The van der Waals surface area contributed by atoms with E-state index in [0.717, 1.165) is 19.4 Å². The van der Waals surface area contributed by atoms with E-state index < -0.39 is 5.97 Å². The molecule has 1 aliphatic heterocycles. The number of carbonyl (C=O) groups excluding carboxylic acids is 1. The van der Waals surface area contributed by atoms with Gasteiger partial charge in [-0.15, -0.1) is 0 Å². The van der Waals surface area contributed by atoms with Crippen LogP contribution in [0.4, 0.5) is 0 Å². The monoisotopic (exact) mass is 200 g/mol. The second-order valence-corrected chi connectivity index (χ2v) is 3.60. The minimum Gasteiger partial charge on any atom is -0.480 e. The van der Waals surface area contributed by atoms with Crippen LogP contribution in [0.25, 0.3) is 0 Å². The van der Waals surface area contributed by atoms with Crippen molar-refractivity contribution in [1.82, 2.24) is 10.2 Å². The van der Waals surface area contributed by atoms with E-state index in [9.17, 15) is 9.59 Å². The molecule has 14 heavy (non-hydrogen) atoms. The molecule has 1 fully saturated rings. The normalized spacial score (nSPS) is 22.2. The van der Waals surface area contributed by atoms with Gasteiger partial charge in [-0.1, -0.05) is 0 Å². The van der Waals surface area contributed by atoms with Crippen LogP contribution in [-0.4, -0.2) is 47.6 Å². The van der Waals surface area contributed by atoms with Gasteiger partial charge in [-0.3, -0.25) is 14.5 Å². The third-order valence-electron chi connectivity index (χ3n) is 2.42. The van der Waals surface area contributed by atoms with Gasteiger partial charge in [-0.2, -0.15) is 0 Å². The molecule has 0 aromatic carbocycles. The van der Waals surface area contributed by atoms with Crippen LogP contribution in [0.3, 0.4) is 0 Å². The number of carbonyl (C=O) groups is 2. The zero-order valence-electron chi connectivity index (χ0n) is 8.32. The zero-order chi connectivity index (χ0) is 10.6. The third-order valence-corrected chi connectivity index (χ3v) is 2.42. The summed E-state index contributed by atoms with van der Waals surface area (Å²) in [6, 6.07) is 0.190. The van der Waals surface area contributed by atoms with Crippen LogP contribution >= 0.6 is 0 Å². The first-order valence-electron chi connectivity index (χ1n) is 4.80. The number of carboxylic acids is 1. The van der Waals surface area contributed by atoms with Crippen molar-refractivity contribution < 1.29 is 14.7 Å². The van der Waals surface area contributed by atoms with E-state index in [-0.39, 0.29) is 18.5 Å². The molecule has 1 amide bonds. The number of hydrogen-bond donors (Lipinski definition) is 2. The van der Waals surface area contributed by atoms with Gasteiger partial charge in [-0.05, 0) is 19.4 Å². The highest BCUT2D eigenvalue weighted by atomic mass is 16.4. The van der Waals surface area contributed by atoms with Crippen LogP contribution in [-0.2, 0) is 9.59 Å². The van der Waals surface area contributed by atoms with Crippen molar-refractivity contribution >= 4 is 11.9 Å². The summed E-state index contributed by atoms with van der Waals surface area (Å²) >= 11 is 0. The van der Waals surface area contributed by atoms with Crippen molar-refractivity contribution in [2.75, 3.05) is 19.6 Å². The SMILES string of the molecule is CC(=O)NCC1CCCN1CC(=O)O. The van der Waals surface area contributed by atoms with Gasteiger partial charge in [0.25, 0.3) is 0 Å². The number of carboxylic acid groups (broad SMARTS) is 1. The van der Waals surface area contributed by atoms with Gasteiger partial charge in [-0.25, -0.2) is 0 Å². The van der Waals surface area contributed by atoms with Crippen LogP contribution in [0.5, 0.6) is 0 Å². The molecule has 0 aromatic rings. The summed E-state index contributed by atoms with van der Waals surface area (Å²) in [5, 5.41) is 11.4. The number of nitrogens with one attached hydrogen (secondary N) is 1. The molecule has 1 unspecified atom stereocenters. The molecule has 0 aliphatic carbocycles. The molecule has 2 N–H and O–H groups in total. The first-order valence-corrected chi connectivity index (χ1v) is 4.80. The number of amides is 1. The van der Waals surface area contributed by atoms with E-state index in [1.165, 1.54) is 6.92 Å². The standard InChI is InChI=1S/C9H16N2O3/c1-7(12)10-5-8-3-2-4-11(8)6-9(13)14/h8H,2-6H2,1H3,(H,10,12)(H,13,14). The quantitative estimate of drug-likeness (QED) is 0.652. The van der Waals surface area contributed by atoms with Gasteiger partial charge in [0.05, 0.1) is 6.54 Å². The van der Waals surface area contributed by atoms with Crippen molar-refractivity contribution in [1.29, 1.82) is 0 Å². The molecule has 80 valence electrons. The fourth-order valence-corrected chi connectivity index (χ4v) is 1.77. The molecule has 5 nitrogen and oxygen atoms in total. The lowest BCUT2D eigenvalue weighted by molar-refractivity contribution is -0.138. The molecule has 0 saturated carbocycles.